The fourth-order valence-electron chi connectivity index (χ4n) is 2.43. The maximum absolute atomic E-state index is 12.3. The van der Waals surface area contributed by atoms with Crippen molar-refractivity contribution < 1.29 is 19.1 Å². The monoisotopic (exact) mass is 342 g/mol. The third-order valence-electron chi connectivity index (χ3n) is 3.40. The Morgan fingerprint density at radius 1 is 1.12 bits per heavy atom. The van der Waals surface area contributed by atoms with E-state index < -0.39 is 28.9 Å². The number of nitrogens with one attached hydrogen (secondary N) is 2. The van der Waals surface area contributed by atoms with Crippen LogP contribution in [0.1, 0.15) is 54.4 Å². The van der Waals surface area contributed by atoms with Gasteiger partial charge in [0.2, 0.25) is 0 Å². The van der Waals surface area contributed by atoms with Crippen LogP contribution in [0, 0.1) is 5.41 Å². The summed E-state index contributed by atoms with van der Waals surface area (Å²) in [6.45, 7) is 11.2. The van der Waals surface area contributed by atoms with Crippen molar-refractivity contribution in [3.63, 3.8) is 0 Å². The van der Waals surface area contributed by atoms with Gasteiger partial charge < -0.3 is 25.4 Å². The van der Waals surface area contributed by atoms with Crippen LogP contribution in [-0.4, -0.2) is 52.8 Å². The Labute approximate surface area is 143 Å². The summed E-state index contributed by atoms with van der Waals surface area (Å²) >= 11 is 0. The molecule has 0 radical (unpaired) electrons. The zero-order valence-corrected chi connectivity index (χ0v) is 15.5. The van der Waals surface area contributed by atoms with Crippen LogP contribution in [0.3, 0.4) is 0 Å². The van der Waals surface area contributed by atoms with Gasteiger partial charge in [0.15, 0.2) is 0 Å². The van der Waals surface area contributed by atoms with Gasteiger partial charge in [-0.05, 0) is 54.4 Å². The van der Waals surface area contributed by atoms with E-state index in [0.29, 0.717) is 19.4 Å². The van der Waals surface area contributed by atoms with Gasteiger partial charge in [-0.2, -0.15) is 0 Å². The summed E-state index contributed by atoms with van der Waals surface area (Å²) < 4.78 is 10.6. The molecule has 1 fully saturated rings. The second kappa shape index (κ2) is 6.86. The van der Waals surface area contributed by atoms with Gasteiger partial charge in [0, 0.05) is 6.54 Å². The molecule has 138 valence electrons. The molecule has 8 nitrogen and oxygen atoms in total. The van der Waals surface area contributed by atoms with E-state index in [1.807, 2.05) is 0 Å². The number of hydrogen-bond acceptors (Lipinski definition) is 5. The average molecular weight is 342 g/mol. The lowest BCUT2D eigenvalue weighted by Gasteiger charge is -2.42. The summed E-state index contributed by atoms with van der Waals surface area (Å²) in [5, 5.41) is 10.6. The Morgan fingerprint density at radius 3 is 2.12 bits per heavy atom. The standard InChI is InChI=1S/C16H30N4O4/c1-14(2,3)23-12(21)19-16(11(17)18)8-7-9-20(10-16)13(22)24-15(4,5)6/h7-10H2,1-6H3,(H3,17,18)(H,19,21). The lowest BCUT2D eigenvalue weighted by atomic mass is 9.88. The molecule has 0 aromatic rings. The van der Waals surface area contributed by atoms with E-state index in [-0.39, 0.29) is 12.4 Å². The van der Waals surface area contributed by atoms with Gasteiger partial charge in [0.05, 0.1) is 6.54 Å². The van der Waals surface area contributed by atoms with Crippen LogP contribution in [0.25, 0.3) is 0 Å². The van der Waals surface area contributed by atoms with Crippen molar-refractivity contribution in [2.24, 2.45) is 5.73 Å². The number of amides is 2. The Hall–Kier alpha value is -1.99. The SMILES string of the molecule is CC(C)(C)OC(=O)NC1(C(=N)N)CCCN(C(=O)OC(C)(C)C)C1. The lowest BCUT2D eigenvalue weighted by Crippen LogP contribution is -2.66. The fourth-order valence-corrected chi connectivity index (χ4v) is 2.43. The largest absolute Gasteiger partial charge is 0.444 e. The second-order valence-corrected chi connectivity index (χ2v) is 8.13. The number of alkyl carbamates (subject to hydrolysis) is 1. The van der Waals surface area contributed by atoms with Gasteiger partial charge in [-0.15, -0.1) is 0 Å². The molecule has 1 unspecified atom stereocenters. The molecule has 8 heteroatoms. The van der Waals surface area contributed by atoms with Crippen LogP contribution in [0.15, 0.2) is 0 Å². The molecule has 1 aliphatic rings. The van der Waals surface area contributed by atoms with Gasteiger partial charge in [-0.3, -0.25) is 5.41 Å². The predicted octanol–water partition coefficient (Wildman–Crippen LogP) is 2.22. The quantitative estimate of drug-likeness (QED) is 0.525. The highest BCUT2D eigenvalue weighted by Crippen LogP contribution is 2.24. The van der Waals surface area contributed by atoms with E-state index in [9.17, 15) is 9.59 Å². The predicted molar refractivity (Wildman–Crippen MR) is 91.1 cm³/mol. The van der Waals surface area contributed by atoms with E-state index in [2.05, 4.69) is 5.32 Å². The van der Waals surface area contributed by atoms with Crippen molar-refractivity contribution in [2.45, 2.75) is 71.1 Å². The first-order chi connectivity index (χ1) is 10.7. The maximum Gasteiger partial charge on any atom is 0.410 e. The maximum atomic E-state index is 12.3. The summed E-state index contributed by atoms with van der Waals surface area (Å²) in [6.07, 6.45) is -0.0993. The third-order valence-corrected chi connectivity index (χ3v) is 3.40. The molecule has 1 aliphatic heterocycles. The topological polar surface area (TPSA) is 118 Å². The molecular formula is C16H30N4O4. The van der Waals surface area contributed by atoms with E-state index in [0.717, 1.165) is 0 Å². The highest BCUT2D eigenvalue weighted by molar-refractivity contribution is 5.91. The first-order valence-corrected chi connectivity index (χ1v) is 8.08. The molecule has 0 aromatic carbocycles. The van der Waals surface area contributed by atoms with Crippen LogP contribution >= 0.6 is 0 Å². The number of likely N-dealkylation sites (tertiary alicyclic amines) is 1. The number of nitrogens with two attached hydrogens (primary N) is 1. The van der Waals surface area contributed by atoms with Gasteiger partial charge in [0.25, 0.3) is 0 Å². The lowest BCUT2D eigenvalue weighted by molar-refractivity contribution is 0.0123. The van der Waals surface area contributed by atoms with Gasteiger partial charge >= 0.3 is 12.2 Å². The highest BCUT2D eigenvalue weighted by Gasteiger charge is 2.43. The van der Waals surface area contributed by atoms with Crippen molar-refractivity contribution >= 4 is 18.0 Å². The number of rotatable bonds is 2. The number of carbonyl (C=O) groups excluding carboxylic acids is 2. The second-order valence-electron chi connectivity index (χ2n) is 8.13. The molecule has 2 amide bonds. The van der Waals surface area contributed by atoms with Crippen LogP contribution < -0.4 is 11.1 Å². The molecule has 1 atom stereocenters. The van der Waals surface area contributed by atoms with Crippen LogP contribution in [0.5, 0.6) is 0 Å². The summed E-state index contributed by atoms with van der Waals surface area (Å²) in [7, 11) is 0. The minimum Gasteiger partial charge on any atom is -0.444 e. The summed E-state index contributed by atoms with van der Waals surface area (Å²) in [6, 6.07) is 0. The zero-order chi connectivity index (χ0) is 18.8. The zero-order valence-electron chi connectivity index (χ0n) is 15.5. The number of piperidine rings is 1. The smallest absolute Gasteiger partial charge is 0.410 e. The molecule has 0 saturated carbocycles. The fraction of sp³-hybridized carbons (Fsp3) is 0.812. The first kappa shape index (κ1) is 20.1. The molecule has 1 saturated heterocycles. The molecule has 0 aliphatic carbocycles. The number of ether oxygens (including phenoxy) is 2. The normalized spacial score (nSPS) is 21.8. The average Bonchev–Trinajstić information content (AvgIpc) is 2.34. The van der Waals surface area contributed by atoms with Crippen molar-refractivity contribution in [1.82, 2.24) is 10.2 Å². The summed E-state index contributed by atoms with van der Waals surface area (Å²) in [4.78, 5) is 25.9. The molecule has 0 spiro atoms. The molecule has 1 rings (SSSR count). The van der Waals surface area contributed by atoms with Crippen molar-refractivity contribution in [1.29, 1.82) is 5.41 Å². The minimum absolute atomic E-state index is 0.0799. The number of hydrogen-bond donors (Lipinski definition) is 3. The van der Waals surface area contributed by atoms with Crippen LogP contribution in [0.4, 0.5) is 9.59 Å². The molecule has 24 heavy (non-hydrogen) atoms. The Morgan fingerprint density at radius 2 is 1.67 bits per heavy atom. The number of amidine groups is 1. The van der Waals surface area contributed by atoms with Crippen LogP contribution in [-0.2, 0) is 9.47 Å². The summed E-state index contributed by atoms with van der Waals surface area (Å²) in [5.41, 5.74) is 3.31. The van der Waals surface area contributed by atoms with E-state index >= 15 is 0 Å². The molecule has 0 bridgehead atoms. The van der Waals surface area contributed by atoms with Crippen molar-refractivity contribution in [3.05, 3.63) is 0 Å². The third kappa shape index (κ3) is 5.90. The van der Waals surface area contributed by atoms with Crippen LogP contribution in [0.2, 0.25) is 0 Å². The van der Waals surface area contributed by atoms with Gasteiger partial charge in [-0.1, -0.05) is 0 Å². The summed E-state index contributed by atoms with van der Waals surface area (Å²) in [5.74, 6) is -0.207. The number of nitrogens with zero attached hydrogens (tertiary/aromatic N) is 1. The van der Waals surface area contributed by atoms with E-state index in [1.165, 1.54) is 4.90 Å². The minimum atomic E-state index is -1.14. The Balaban J connectivity index is 2.88. The number of carbonyl (C=O) groups is 2. The molecule has 0 aromatic heterocycles. The molecular weight excluding hydrogens is 312 g/mol. The van der Waals surface area contributed by atoms with Crippen molar-refractivity contribution in [2.75, 3.05) is 13.1 Å². The van der Waals surface area contributed by atoms with E-state index in [4.69, 9.17) is 20.6 Å². The van der Waals surface area contributed by atoms with Gasteiger partial charge in [-0.25, -0.2) is 9.59 Å². The van der Waals surface area contributed by atoms with Crippen molar-refractivity contribution in [3.8, 4) is 0 Å². The first-order valence-electron chi connectivity index (χ1n) is 8.08. The Kier molecular flexibility index (Phi) is 5.74. The molecule has 1 heterocycles. The highest BCUT2D eigenvalue weighted by atomic mass is 16.6. The Bertz CT molecular complexity index is 507. The molecule has 4 N–H and O–H groups in total. The van der Waals surface area contributed by atoms with Gasteiger partial charge in [0.1, 0.15) is 22.6 Å². The van der Waals surface area contributed by atoms with E-state index in [1.54, 1.807) is 41.5 Å².